The van der Waals surface area contributed by atoms with E-state index in [1.54, 1.807) is 6.07 Å². The second-order valence-electron chi connectivity index (χ2n) is 13.1. The van der Waals surface area contributed by atoms with E-state index in [4.69, 9.17) is 36.0 Å². The van der Waals surface area contributed by atoms with Gasteiger partial charge in [0, 0.05) is 29.2 Å². The average molecular weight is 593 g/mol. The van der Waals surface area contributed by atoms with Crippen molar-refractivity contribution in [3.8, 4) is 28.9 Å². The molecule has 3 aromatic rings. The maximum atomic E-state index is 16.8. The molecule has 1 aliphatic carbocycles. The maximum Gasteiger partial charge on any atom is 0.319 e. The summed E-state index contributed by atoms with van der Waals surface area (Å²) in [6.45, 7) is 3.84. The van der Waals surface area contributed by atoms with Crippen molar-refractivity contribution in [2.45, 2.75) is 80.9 Å². The van der Waals surface area contributed by atoms with Gasteiger partial charge in [0.2, 0.25) is 5.88 Å². The first-order valence-electron chi connectivity index (χ1n) is 15.4. The summed E-state index contributed by atoms with van der Waals surface area (Å²) < 4.78 is 29.6. The molecule has 9 rings (SSSR count). The number of nitrogens with zero attached hydrogens (tertiary/aromatic N) is 5. The van der Waals surface area contributed by atoms with Gasteiger partial charge in [-0.2, -0.15) is 9.97 Å². The number of nitrogens with one attached hydrogen (secondary N) is 1. The SMILES string of the molecule is Oc1cc(Cl)c(C2CC2)c(-c2nc3c4c(nc(OCC56CCCN5CCC6)nc4c2F)N2CC4CCC(N4)C2CO3)c1. The van der Waals surface area contributed by atoms with Gasteiger partial charge in [0.15, 0.2) is 5.82 Å². The van der Waals surface area contributed by atoms with Crippen LogP contribution in [0.1, 0.15) is 62.8 Å². The summed E-state index contributed by atoms with van der Waals surface area (Å²) in [5.41, 5.74) is 1.53. The van der Waals surface area contributed by atoms with E-state index in [1.165, 1.54) is 18.9 Å². The maximum absolute atomic E-state index is 16.8. The van der Waals surface area contributed by atoms with E-state index in [9.17, 15) is 5.11 Å². The van der Waals surface area contributed by atoms with Gasteiger partial charge < -0.3 is 24.8 Å². The molecule has 0 amide bonds. The van der Waals surface area contributed by atoms with Crippen LogP contribution in [0.15, 0.2) is 12.1 Å². The van der Waals surface area contributed by atoms with Crippen LogP contribution in [0.25, 0.3) is 22.2 Å². The van der Waals surface area contributed by atoms with E-state index in [2.05, 4.69) is 15.1 Å². The van der Waals surface area contributed by atoms with Crippen LogP contribution in [0, 0.1) is 5.82 Å². The van der Waals surface area contributed by atoms with Crippen LogP contribution in [0.2, 0.25) is 5.02 Å². The molecule has 42 heavy (non-hydrogen) atoms. The summed E-state index contributed by atoms with van der Waals surface area (Å²) in [4.78, 5) is 19.3. The molecule has 1 saturated carbocycles. The third kappa shape index (κ3) is 3.84. The summed E-state index contributed by atoms with van der Waals surface area (Å²) in [5, 5.41) is 15.1. The highest BCUT2D eigenvalue weighted by Gasteiger charge is 2.46. The molecule has 1 aromatic carbocycles. The van der Waals surface area contributed by atoms with Crippen LogP contribution in [-0.2, 0) is 0 Å². The number of phenolic OH excluding ortho intramolecular Hbond substituents is 1. The molecule has 11 heteroatoms. The molecule has 9 nitrogen and oxygen atoms in total. The molecule has 7 heterocycles. The van der Waals surface area contributed by atoms with Gasteiger partial charge in [-0.25, -0.2) is 9.37 Å². The van der Waals surface area contributed by atoms with Crippen molar-refractivity contribution >= 4 is 28.3 Å². The van der Waals surface area contributed by atoms with Gasteiger partial charge in [-0.3, -0.25) is 4.90 Å². The van der Waals surface area contributed by atoms with E-state index in [1.807, 2.05) is 0 Å². The molecule has 3 atom stereocenters. The second-order valence-corrected chi connectivity index (χ2v) is 13.5. The Morgan fingerprint density at radius 3 is 2.76 bits per heavy atom. The third-order valence-electron chi connectivity index (χ3n) is 10.6. The quantitative estimate of drug-likeness (QED) is 0.434. The van der Waals surface area contributed by atoms with Crippen LogP contribution in [0.3, 0.4) is 0 Å². The molecule has 6 aliphatic rings. The Bertz CT molecular complexity index is 1610. The number of hydrogen-bond donors (Lipinski definition) is 2. The first-order valence-corrected chi connectivity index (χ1v) is 15.8. The van der Waals surface area contributed by atoms with Crippen molar-refractivity contribution in [3.63, 3.8) is 0 Å². The molecule has 2 N–H and O–H groups in total. The second kappa shape index (κ2) is 9.27. The first kappa shape index (κ1) is 25.5. The standard InChI is InChI=1S/C31H34ClFN6O3/c32-20-12-18(40)11-19(23(20)16-3-4-16)26-25(33)27-24-28(37-30(36-27)42-15-31-7-1-9-38(31)10-2-8-31)39-13-17-5-6-21(34-17)22(39)14-41-29(24)35-26/h11-12,16-17,21-22,34,40H,1-10,13-15H2. The number of hydrogen-bond acceptors (Lipinski definition) is 9. The topological polar surface area (TPSA) is 95.9 Å². The van der Waals surface area contributed by atoms with Crippen LogP contribution >= 0.6 is 11.6 Å². The lowest BCUT2D eigenvalue weighted by Gasteiger charge is -2.40. The molecule has 4 saturated heterocycles. The van der Waals surface area contributed by atoms with Gasteiger partial charge in [0.1, 0.15) is 41.4 Å². The number of piperazine rings is 1. The zero-order valence-electron chi connectivity index (χ0n) is 23.4. The van der Waals surface area contributed by atoms with Gasteiger partial charge in [-0.1, -0.05) is 11.6 Å². The molecule has 220 valence electrons. The van der Waals surface area contributed by atoms with Gasteiger partial charge in [-0.05, 0) is 88.1 Å². The largest absolute Gasteiger partial charge is 0.508 e. The molecule has 3 unspecified atom stereocenters. The number of rotatable bonds is 5. The predicted octanol–water partition coefficient (Wildman–Crippen LogP) is 4.78. The Kier molecular flexibility index (Phi) is 5.64. The van der Waals surface area contributed by atoms with E-state index < -0.39 is 5.82 Å². The molecular formula is C31H34ClFN6O3. The number of pyridine rings is 1. The van der Waals surface area contributed by atoms with Crippen molar-refractivity contribution in [2.24, 2.45) is 0 Å². The molecular weight excluding hydrogens is 559 g/mol. The number of aromatic nitrogens is 3. The summed E-state index contributed by atoms with van der Waals surface area (Å²) in [6, 6.07) is 3.90. The molecule has 0 radical (unpaired) electrons. The molecule has 2 bridgehead atoms. The van der Waals surface area contributed by atoms with Gasteiger partial charge in [-0.15, -0.1) is 0 Å². The van der Waals surface area contributed by atoms with Crippen LogP contribution < -0.4 is 19.7 Å². The number of halogens is 2. The number of benzene rings is 1. The third-order valence-corrected chi connectivity index (χ3v) is 10.9. The van der Waals surface area contributed by atoms with Crippen LogP contribution in [0.5, 0.6) is 17.6 Å². The highest BCUT2D eigenvalue weighted by atomic mass is 35.5. The minimum Gasteiger partial charge on any atom is -0.508 e. The summed E-state index contributed by atoms with van der Waals surface area (Å²) in [5.74, 6) is 0.544. The number of ether oxygens (including phenoxy) is 2. The highest BCUT2D eigenvalue weighted by molar-refractivity contribution is 6.32. The predicted molar refractivity (Wildman–Crippen MR) is 156 cm³/mol. The van der Waals surface area contributed by atoms with Crippen molar-refractivity contribution in [2.75, 3.05) is 37.7 Å². The zero-order chi connectivity index (χ0) is 28.2. The first-order chi connectivity index (χ1) is 20.5. The van der Waals surface area contributed by atoms with Crippen LogP contribution in [-0.4, -0.2) is 81.5 Å². The van der Waals surface area contributed by atoms with Gasteiger partial charge in [0.05, 0.1) is 11.6 Å². The lowest BCUT2D eigenvalue weighted by atomic mass is 9.95. The molecule has 5 aliphatic heterocycles. The Hall–Kier alpha value is -2.95. The fraction of sp³-hybridized carbons (Fsp3) is 0.581. The normalized spacial score (nSPS) is 27.6. The Morgan fingerprint density at radius 1 is 1.12 bits per heavy atom. The molecule has 2 aromatic heterocycles. The smallest absolute Gasteiger partial charge is 0.319 e. The van der Waals surface area contributed by atoms with E-state index >= 15 is 4.39 Å². The summed E-state index contributed by atoms with van der Waals surface area (Å²) in [7, 11) is 0. The lowest BCUT2D eigenvalue weighted by molar-refractivity contribution is 0.108. The summed E-state index contributed by atoms with van der Waals surface area (Å²) in [6.07, 6.45) is 8.60. The minimum absolute atomic E-state index is 0.0107. The lowest BCUT2D eigenvalue weighted by Crippen LogP contribution is -2.60. The summed E-state index contributed by atoms with van der Waals surface area (Å²) >= 11 is 6.61. The van der Waals surface area contributed by atoms with Crippen molar-refractivity contribution < 1.29 is 19.0 Å². The highest BCUT2D eigenvalue weighted by Crippen LogP contribution is 2.50. The Labute approximate surface area is 248 Å². The fourth-order valence-electron chi connectivity index (χ4n) is 8.41. The van der Waals surface area contributed by atoms with Gasteiger partial charge >= 0.3 is 6.01 Å². The molecule has 5 fully saturated rings. The van der Waals surface area contributed by atoms with Crippen molar-refractivity contribution in [1.82, 2.24) is 25.2 Å². The number of anilines is 1. The number of aromatic hydroxyl groups is 1. The Morgan fingerprint density at radius 2 is 1.95 bits per heavy atom. The van der Waals surface area contributed by atoms with Crippen LogP contribution in [0.4, 0.5) is 10.2 Å². The average Bonchev–Trinajstić information content (AvgIpc) is 3.48. The van der Waals surface area contributed by atoms with Crippen molar-refractivity contribution in [1.29, 1.82) is 0 Å². The minimum atomic E-state index is -0.576. The van der Waals surface area contributed by atoms with Gasteiger partial charge in [0.25, 0.3) is 0 Å². The number of fused-ring (bicyclic) bond motifs is 6. The van der Waals surface area contributed by atoms with E-state index in [-0.39, 0.29) is 46.5 Å². The molecule has 0 spiro atoms. The monoisotopic (exact) mass is 592 g/mol. The van der Waals surface area contributed by atoms with E-state index in [0.717, 1.165) is 63.7 Å². The fourth-order valence-corrected chi connectivity index (χ4v) is 8.77. The number of phenols is 1. The van der Waals surface area contributed by atoms with Crippen molar-refractivity contribution in [3.05, 3.63) is 28.5 Å². The Balaban J connectivity index is 1.22. The van der Waals surface area contributed by atoms with E-state index in [0.29, 0.717) is 46.9 Å². The zero-order valence-corrected chi connectivity index (χ0v) is 24.2.